The number of morpholine rings is 1. The largest absolute Gasteiger partial charge is 0.493 e. The molecule has 0 N–H and O–H groups in total. The van der Waals surface area contributed by atoms with E-state index in [4.69, 9.17) is 23.7 Å². The number of hydrogen-bond donors (Lipinski definition) is 0. The van der Waals surface area contributed by atoms with E-state index < -0.39 is 0 Å². The van der Waals surface area contributed by atoms with Gasteiger partial charge in [-0.15, -0.1) is 0 Å². The molecule has 0 aromatic heterocycles. The van der Waals surface area contributed by atoms with Gasteiger partial charge in [0, 0.05) is 25.2 Å². The number of rotatable bonds is 6. The molecule has 1 fully saturated rings. The van der Waals surface area contributed by atoms with Crippen molar-refractivity contribution in [2.75, 3.05) is 54.2 Å². The van der Waals surface area contributed by atoms with Crippen molar-refractivity contribution >= 4 is 5.91 Å². The lowest BCUT2D eigenvalue weighted by molar-refractivity contribution is -0.137. The molecule has 1 heterocycles. The van der Waals surface area contributed by atoms with Crippen molar-refractivity contribution in [1.29, 1.82) is 0 Å². The summed E-state index contributed by atoms with van der Waals surface area (Å²) < 4.78 is 26.5. The average molecular weight is 311 g/mol. The predicted molar refractivity (Wildman–Crippen MR) is 79.0 cm³/mol. The molecule has 22 heavy (non-hydrogen) atoms. The molecule has 1 amide bonds. The quantitative estimate of drug-likeness (QED) is 0.779. The maximum absolute atomic E-state index is 12.1. The van der Waals surface area contributed by atoms with Crippen LogP contribution in [0.4, 0.5) is 0 Å². The minimum absolute atomic E-state index is 0.0430. The van der Waals surface area contributed by atoms with Crippen LogP contribution in [0.3, 0.4) is 0 Å². The maximum Gasteiger partial charge on any atom is 0.260 e. The summed E-state index contributed by atoms with van der Waals surface area (Å²) >= 11 is 0. The fourth-order valence-electron chi connectivity index (χ4n) is 2.19. The van der Waals surface area contributed by atoms with Gasteiger partial charge in [-0.05, 0) is 0 Å². The monoisotopic (exact) mass is 311 g/mol. The number of ether oxygens (including phenoxy) is 5. The van der Waals surface area contributed by atoms with Crippen LogP contribution in [0.25, 0.3) is 0 Å². The van der Waals surface area contributed by atoms with Crippen molar-refractivity contribution < 1.29 is 28.5 Å². The van der Waals surface area contributed by atoms with Gasteiger partial charge in [0.25, 0.3) is 5.91 Å². The van der Waals surface area contributed by atoms with E-state index in [0.717, 1.165) is 0 Å². The van der Waals surface area contributed by atoms with Gasteiger partial charge in [0.15, 0.2) is 18.1 Å². The Bertz CT molecular complexity index is 488. The number of benzene rings is 1. The van der Waals surface area contributed by atoms with Crippen LogP contribution < -0.4 is 18.9 Å². The lowest BCUT2D eigenvalue weighted by Crippen LogP contribution is -2.42. The molecule has 0 saturated carbocycles. The molecular formula is C15H21NO6. The van der Waals surface area contributed by atoms with Crippen LogP contribution in [0.1, 0.15) is 0 Å². The van der Waals surface area contributed by atoms with Gasteiger partial charge in [0.05, 0.1) is 34.5 Å². The maximum atomic E-state index is 12.1. The van der Waals surface area contributed by atoms with Gasteiger partial charge < -0.3 is 28.6 Å². The van der Waals surface area contributed by atoms with Crippen LogP contribution in [0, 0.1) is 0 Å². The smallest absolute Gasteiger partial charge is 0.260 e. The first kappa shape index (κ1) is 16.2. The Morgan fingerprint density at radius 2 is 1.68 bits per heavy atom. The molecule has 122 valence electrons. The average Bonchev–Trinajstić information content (AvgIpc) is 2.59. The van der Waals surface area contributed by atoms with Crippen LogP contribution in [-0.4, -0.2) is 65.0 Å². The summed E-state index contributed by atoms with van der Waals surface area (Å²) in [6.45, 7) is 2.28. The van der Waals surface area contributed by atoms with Gasteiger partial charge in [-0.2, -0.15) is 0 Å². The van der Waals surface area contributed by atoms with Crippen molar-refractivity contribution in [1.82, 2.24) is 4.90 Å². The van der Waals surface area contributed by atoms with E-state index in [-0.39, 0.29) is 12.5 Å². The molecular weight excluding hydrogens is 290 g/mol. The van der Waals surface area contributed by atoms with Gasteiger partial charge in [-0.1, -0.05) is 0 Å². The summed E-state index contributed by atoms with van der Waals surface area (Å²) in [4.78, 5) is 13.8. The number of hydrogen-bond acceptors (Lipinski definition) is 6. The van der Waals surface area contributed by atoms with E-state index >= 15 is 0 Å². The molecule has 0 aliphatic carbocycles. The summed E-state index contributed by atoms with van der Waals surface area (Å²) in [7, 11) is 4.59. The first-order chi connectivity index (χ1) is 10.7. The first-order valence-electron chi connectivity index (χ1n) is 6.98. The summed E-state index contributed by atoms with van der Waals surface area (Å²) in [6.07, 6.45) is 0. The van der Waals surface area contributed by atoms with E-state index in [2.05, 4.69) is 0 Å². The highest BCUT2D eigenvalue weighted by molar-refractivity contribution is 5.78. The Morgan fingerprint density at radius 1 is 1.09 bits per heavy atom. The third-order valence-corrected chi connectivity index (χ3v) is 3.36. The predicted octanol–water partition coefficient (Wildman–Crippen LogP) is 0.950. The minimum atomic E-state index is -0.0722. The number of methoxy groups -OCH3 is 3. The van der Waals surface area contributed by atoms with Crippen molar-refractivity contribution in [2.24, 2.45) is 0 Å². The highest BCUT2D eigenvalue weighted by Crippen LogP contribution is 2.40. The highest BCUT2D eigenvalue weighted by Gasteiger charge is 2.18. The summed E-state index contributed by atoms with van der Waals surface area (Å²) in [5.41, 5.74) is 0. The standard InChI is InChI=1S/C15H21NO6/c1-18-12-8-11(9-13(19-2)15(12)20-3)22-10-14(17)16-4-6-21-7-5-16/h8-9H,4-7,10H2,1-3H3. The molecule has 1 aromatic carbocycles. The molecule has 7 nitrogen and oxygen atoms in total. The molecule has 7 heteroatoms. The molecule has 1 aliphatic rings. The lowest BCUT2D eigenvalue weighted by Gasteiger charge is -2.26. The van der Waals surface area contributed by atoms with E-state index in [1.807, 2.05) is 0 Å². The Balaban J connectivity index is 2.04. The van der Waals surface area contributed by atoms with Crippen LogP contribution in [0.2, 0.25) is 0 Å². The molecule has 1 aromatic rings. The van der Waals surface area contributed by atoms with Gasteiger partial charge >= 0.3 is 0 Å². The van der Waals surface area contributed by atoms with Crippen molar-refractivity contribution in [3.8, 4) is 23.0 Å². The Labute approximate surface area is 129 Å². The Morgan fingerprint density at radius 3 is 2.18 bits per heavy atom. The third kappa shape index (κ3) is 3.73. The lowest BCUT2D eigenvalue weighted by atomic mass is 10.2. The van der Waals surface area contributed by atoms with Gasteiger partial charge in [-0.3, -0.25) is 4.79 Å². The summed E-state index contributed by atoms with van der Waals surface area (Å²) in [5, 5.41) is 0. The van der Waals surface area contributed by atoms with Crippen LogP contribution in [0.15, 0.2) is 12.1 Å². The van der Waals surface area contributed by atoms with Crippen molar-refractivity contribution in [3.05, 3.63) is 12.1 Å². The second-order valence-corrected chi connectivity index (χ2v) is 4.64. The van der Waals surface area contributed by atoms with E-state index in [1.165, 1.54) is 21.3 Å². The number of amides is 1. The molecule has 0 bridgehead atoms. The fourth-order valence-corrected chi connectivity index (χ4v) is 2.19. The second kappa shape index (κ2) is 7.74. The van der Waals surface area contributed by atoms with Crippen LogP contribution >= 0.6 is 0 Å². The summed E-state index contributed by atoms with van der Waals surface area (Å²) in [5.74, 6) is 1.86. The molecule has 0 spiro atoms. The highest BCUT2D eigenvalue weighted by atomic mass is 16.5. The molecule has 2 rings (SSSR count). The first-order valence-corrected chi connectivity index (χ1v) is 6.98. The Kier molecular flexibility index (Phi) is 5.71. The molecule has 0 radical (unpaired) electrons. The molecule has 0 atom stereocenters. The van der Waals surface area contributed by atoms with Crippen LogP contribution in [-0.2, 0) is 9.53 Å². The van der Waals surface area contributed by atoms with Gasteiger partial charge in [0.2, 0.25) is 5.75 Å². The molecule has 0 unspecified atom stereocenters. The SMILES string of the molecule is COc1cc(OCC(=O)N2CCOCC2)cc(OC)c1OC. The third-order valence-electron chi connectivity index (χ3n) is 3.36. The van der Waals surface area contributed by atoms with Gasteiger partial charge in [0.1, 0.15) is 5.75 Å². The normalized spacial score (nSPS) is 14.4. The van der Waals surface area contributed by atoms with Crippen molar-refractivity contribution in [3.63, 3.8) is 0 Å². The van der Waals surface area contributed by atoms with E-state index in [0.29, 0.717) is 49.3 Å². The van der Waals surface area contributed by atoms with Gasteiger partial charge in [-0.25, -0.2) is 0 Å². The summed E-state index contributed by atoms with van der Waals surface area (Å²) in [6, 6.07) is 3.32. The zero-order valence-corrected chi connectivity index (χ0v) is 13.1. The fraction of sp³-hybridized carbons (Fsp3) is 0.533. The van der Waals surface area contributed by atoms with E-state index in [9.17, 15) is 4.79 Å². The van der Waals surface area contributed by atoms with Crippen LogP contribution in [0.5, 0.6) is 23.0 Å². The number of nitrogens with zero attached hydrogens (tertiary/aromatic N) is 1. The number of carbonyl (C=O) groups is 1. The topological polar surface area (TPSA) is 66.5 Å². The molecule has 1 saturated heterocycles. The zero-order chi connectivity index (χ0) is 15.9. The molecule has 1 aliphatic heterocycles. The minimum Gasteiger partial charge on any atom is -0.493 e. The second-order valence-electron chi connectivity index (χ2n) is 4.64. The number of carbonyl (C=O) groups excluding carboxylic acids is 1. The van der Waals surface area contributed by atoms with Crippen molar-refractivity contribution in [2.45, 2.75) is 0 Å². The zero-order valence-electron chi connectivity index (χ0n) is 13.1. The van der Waals surface area contributed by atoms with E-state index in [1.54, 1.807) is 17.0 Å². The Hall–Kier alpha value is -2.15.